The number of aryl methyl sites for hydroxylation is 1. The Balaban J connectivity index is 1.35. The second-order valence-electron chi connectivity index (χ2n) is 7.33. The van der Waals surface area contributed by atoms with Gasteiger partial charge in [0.15, 0.2) is 17.1 Å². The minimum Gasteiger partial charge on any atom is -0.356 e. The summed E-state index contributed by atoms with van der Waals surface area (Å²) >= 11 is 0. The third-order valence-electron chi connectivity index (χ3n) is 4.96. The highest BCUT2D eigenvalue weighted by molar-refractivity contribution is 5.61. The SMILES string of the molecule is C[NH+]c1ccc([NH+]c2ccc([NH2+]c3ccc(Nc4ccc(C)cc4)cc3)cc2)cc1. The Kier molecular flexibility index (Phi) is 6.20. The minimum absolute atomic E-state index is 1.07. The van der Waals surface area contributed by atoms with Crippen LogP contribution < -0.4 is 21.3 Å². The van der Waals surface area contributed by atoms with Crippen molar-refractivity contribution >= 4 is 39.8 Å². The lowest BCUT2D eigenvalue weighted by Gasteiger charge is -2.07. The van der Waals surface area contributed by atoms with E-state index in [0.29, 0.717) is 0 Å². The Morgan fingerprint density at radius 3 is 1.53 bits per heavy atom. The Hall–Kier alpha value is -3.44. The van der Waals surface area contributed by atoms with Gasteiger partial charge in [0.1, 0.15) is 18.4 Å². The molecule has 0 bridgehead atoms. The molecule has 0 spiro atoms. The van der Waals surface area contributed by atoms with Gasteiger partial charge in [-0.2, -0.15) is 0 Å². The molecule has 0 saturated carbocycles. The van der Waals surface area contributed by atoms with Crippen molar-refractivity contribution in [2.45, 2.75) is 6.92 Å². The highest BCUT2D eigenvalue weighted by Gasteiger charge is 2.08. The van der Waals surface area contributed by atoms with E-state index in [1.165, 1.54) is 16.9 Å². The molecule has 2 radical (unpaired) electrons. The maximum Gasteiger partial charge on any atom is 0.185 e. The molecule has 4 aromatic carbocycles. The monoisotopic (exact) mass is 395 g/mol. The molecule has 0 amide bonds. The van der Waals surface area contributed by atoms with Gasteiger partial charge in [-0.3, -0.25) is 5.32 Å². The lowest BCUT2D eigenvalue weighted by atomic mass is 10.2. The van der Waals surface area contributed by atoms with Crippen LogP contribution in [0.25, 0.3) is 0 Å². The Morgan fingerprint density at radius 2 is 1.00 bits per heavy atom. The van der Waals surface area contributed by atoms with Gasteiger partial charge in [-0.1, -0.05) is 17.7 Å². The van der Waals surface area contributed by atoms with Crippen LogP contribution in [0, 0.1) is 6.92 Å². The third kappa shape index (κ3) is 5.33. The Morgan fingerprint density at radius 1 is 0.567 bits per heavy atom. The molecular formula is C26H27N4+3. The molecular weight excluding hydrogens is 368 g/mol. The van der Waals surface area contributed by atoms with Gasteiger partial charge in [0.2, 0.25) is 0 Å². The molecule has 4 aromatic rings. The molecule has 0 saturated heterocycles. The fourth-order valence-corrected chi connectivity index (χ4v) is 3.21. The first kappa shape index (κ1) is 19.9. The molecule has 0 atom stereocenters. The lowest BCUT2D eigenvalue weighted by Crippen LogP contribution is -2.73. The van der Waals surface area contributed by atoms with E-state index in [4.69, 9.17) is 0 Å². The quantitative estimate of drug-likeness (QED) is 0.357. The van der Waals surface area contributed by atoms with E-state index >= 15 is 0 Å². The van der Waals surface area contributed by atoms with Crippen LogP contribution in [-0.2, 0) is 0 Å². The summed E-state index contributed by atoms with van der Waals surface area (Å²) in [7, 11) is 1.92. The van der Waals surface area contributed by atoms with Crippen molar-refractivity contribution in [1.29, 1.82) is 0 Å². The van der Waals surface area contributed by atoms with Crippen LogP contribution in [0.1, 0.15) is 5.56 Å². The fourth-order valence-electron chi connectivity index (χ4n) is 3.21. The van der Waals surface area contributed by atoms with Gasteiger partial charge in [-0.15, -0.1) is 10.6 Å². The van der Waals surface area contributed by atoms with Crippen LogP contribution in [0.3, 0.4) is 0 Å². The highest BCUT2D eigenvalue weighted by Crippen LogP contribution is 2.18. The number of quaternary nitrogens is 1. The topological polar surface area (TPSA) is 59.8 Å². The van der Waals surface area contributed by atoms with E-state index in [9.17, 15) is 0 Å². The predicted octanol–water partition coefficient (Wildman–Crippen LogP) is 3.19. The number of hydrogen-bond acceptors (Lipinski definition) is 3. The minimum atomic E-state index is 1.07. The molecule has 4 heteroatoms. The lowest BCUT2D eigenvalue weighted by molar-refractivity contribution is -0.539. The van der Waals surface area contributed by atoms with E-state index < -0.39 is 0 Å². The van der Waals surface area contributed by atoms with Crippen molar-refractivity contribution in [3.63, 3.8) is 0 Å². The van der Waals surface area contributed by atoms with E-state index in [-0.39, 0.29) is 0 Å². The van der Waals surface area contributed by atoms with Gasteiger partial charge in [0.25, 0.3) is 0 Å². The van der Waals surface area contributed by atoms with E-state index in [2.05, 4.69) is 125 Å². The summed E-state index contributed by atoms with van der Waals surface area (Å²) in [4.78, 5) is 0. The zero-order valence-corrected chi connectivity index (χ0v) is 17.3. The average molecular weight is 396 g/mol. The van der Waals surface area contributed by atoms with Gasteiger partial charge >= 0.3 is 0 Å². The zero-order valence-electron chi connectivity index (χ0n) is 17.3. The molecule has 0 aliphatic carbocycles. The van der Waals surface area contributed by atoms with Crippen molar-refractivity contribution in [1.82, 2.24) is 0 Å². The first-order chi connectivity index (χ1) is 14.7. The van der Waals surface area contributed by atoms with Crippen LogP contribution in [0.4, 0.5) is 39.8 Å². The second-order valence-corrected chi connectivity index (χ2v) is 7.33. The van der Waals surface area contributed by atoms with Gasteiger partial charge in [-0.25, -0.2) is 0 Å². The van der Waals surface area contributed by atoms with Crippen LogP contribution >= 0.6 is 0 Å². The summed E-state index contributed by atoms with van der Waals surface area (Å²) < 4.78 is 0. The van der Waals surface area contributed by atoms with E-state index in [1.54, 1.807) is 0 Å². The predicted molar refractivity (Wildman–Crippen MR) is 122 cm³/mol. The number of hydrogen-bond donors (Lipinski definition) is 4. The molecule has 0 heterocycles. The number of nitrogens with two attached hydrogens (primary N) is 1. The third-order valence-corrected chi connectivity index (χ3v) is 4.96. The van der Waals surface area contributed by atoms with E-state index in [0.717, 1.165) is 28.4 Å². The molecule has 148 valence electrons. The summed E-state index contributed by atoms with van der Waals surface area (Å²) in [5.74, 6) is 0. The van der Waals surface area contributed by atoms with Crippen LogP contribution in [0.15, 0.2) is 97.1 Å². The summed E-state index contributed by atoms with van der Waals surface area (Å²) in [5, 5.41) is 12.2. The van der Waals surface area contributed by atoms with Crippen molar-refractivity contribution in [2.75, 3.05) is 12.4 Å². The zero-order chi connectivity index (χ0) is 20.8. The number of nitrogens with one attached hydrogen (secondary N) is 3. The normalized spacial score (nSPS) is 10.7. The van der Waals surface area contributed by atoms with Crippen molar-refractivity contribution in [3.05, 3.63) is 103 Å². The molecule has 0 aromatic heterocycles. The Labute approximate surface area is 178 Å². The maximum atomic E-state index is 3.43. The summed E-state index contributed by atoms with van der Waals surface area (Å²) in [6.45, 7) is 2.10. The molecule has 4 nitrogen and oxygen atoms in total. The highest BCUT2D eigenvalue weighted by atomic mass is 14.9. The van der Waals surface area contributed by atoms with Gasteiger partial charge < -0.3 is 5.32 Å². The standard InChI is InChI=1S/C26H26N4/c1-19-3-5-21(6-4-19)28-23-11-13-25(14-12-23)30-26-17-15-24(16-18-26)29-22-9-7-20(27-2)8-10-22/h3-18,27-30H,1-2H3/q+2/p+1. The molecule has 0 unspecified atom stereocenters. The van der Waals surface area contributed by atoms with Crippen molar-refractivity contribution in [3.8, 4) is 0 Å². The number of rotatable bonds is 7. The molecule has 0 fully saturated rings. The number of benzene rings is 4. The Bertz CT molecular complexity index is 1070. The fraction of sp³-hybridized carbons (Fsp3) is 0.0769. The molecule has 0 aliphatic rings. The molecule has 0 aliphatic heterocycles. The van der Waals surface area contributed by atoms with Crippen molar-refractivity contribution in [2.24, 2.45) is 0 Å². The smallest absolute Gasteiger partial charge is 0.185 e. The number of anilines is 5. The van der Waals surface area contributed by atoms with Crippen molar-refractivity contribution < 1.29 is 16.0 Å². The van der Waals surface area contributed by atoms with E-state index in [1.807, 2.05) is 7.05 Å². The first-order valence-corrected chi connectivity index (χ1v) is 10.1. The summed E-state index contributed by atoms with van der Waals surface area (Å²) in [6, 6.07) is 33.6. The molecule has 5 N–H and O–H groups in total. The van der Waals surface area contributed by atoms with Crippen LogP contribution in [0.2, 0.25) is 0 Å². The van der Waals surface area contributed by atoms with Crippen LogP contribution in [0.5, 0.6) is 0 Å². The second kappa shape index (κ2) is 9.37. The summed E-state index contributed by atoms with van der Waals surface area (Å²) in [6.07, 6.45) is 0. The summed E-state index contributed by atoms with van der Waals surface area (Å²) in [5.41, 5.74) is 9.03. The van der Waals surface area contributed by atoms with Gasteiger partial charge in [-0.05, 0) is 31.2 Å². The average Bonchev–Trinajstić information content (AvgIpc) is 2.78. The maximum absolute atomic E-state index is 3.43. The molecule has 4 rings (SSSR count). The van der Waals surface area contributed by atoms with Gasteiger partial charge in [0.05, 0.1) is 0 Å². The molecule has 30 heavy (non-hydrogen) atoms. The van der Waals surface area contributed by atoms with Gasteiger partial charge in [0, 0.05) is 72.0 Å². The largest absolute Gasteiger partial charge is 0.356 e. The van der Waals surface area contributed by atoms with Crippen LogP contribution in [-0.4, -0.2) is 7.05 Å². The first-order valence-electron chi connectivity index (χ1n) is 10.1.